The van der Waals surface area contributed by atoms with E-state index >= 15 is 0 Å². The van der Waals surface area contributed by atoms with E-state index in [4.69, 9.17) is 17.2 Å². The van der Waals surface area contributed by atoms with Crippen molar-refractivity contribution in [2.45, 2.75) is 44.0 Å². The van der Waals surface area contributed by atoms with Gasteiger partial charge in [-0.05, 0) is 44.0 Å². The zero-order chi connectivity index (χ0) is 22.8. The highest BCUT2D eigenvalue weighted by atomic mass is 16.3. The molecule has 8 N–H and O–H groups in total. The first-order valence-electron chi connectivity index (χ1n) is 10.9. The molecule has 3 heterocycles. The van der Waals surface area contributed by atoms with Gasteiger partial charge in [0.1, 0.15) is 0 Å². The number of ketones is 1. The van der Waals surface area contributed by atoms with Crippen molar-refractivity contribution in [3.05, 3.63) is 29.8 Å². The number of benzene rings is 1. The number of nitrogens with one attached hydrogen (secondary N) is 1. The van der Waals surface area contributed by atoms with Crippen LogP contribution in [0, 0.1) is 0 Å². The maximum atomic E-state index is 11.5. The van der Waals surface area contributed by atoms with Crippen LogP contribution in [0.15, 0.2) is 24.3 Å². The topological polar surface area (TPSA) is 173 Å². The fraction of sp³-hybridized carbons (Fsp3) is 0.524. The molecule has 11 heteroatoms. The molecule has 2 aliphatic rings. The van der Waals surface area contributed by atoms with Crippen LogP contribution in [0.1, 0.15) is 30.1 Å². The number of anilines is 4. The number of nitrogens with two attached hydrogens (primary N) is 3. The zero-order valence-corrected chi connectivity index (χ0v) is 18.2. The van der Waals surface area contributed by atoms with E-state index in [-0.39, 0.29) is 23.9 Å². The van der Waals surface area contributed by atoms with Gasteiger partial charge >= 0.3 is 0 Å². The molecule has 2 aliphatic heterocycles. The summed E-state index contributed by atoms with van der Waals surface area (Å²) in [6, 6.07) is 6.90. The second-order valence-electron chi connectivity index (χ2n) is 8.61. The van der Waals surface area contributed by atoms with E-state index in [1.807, 2.05) is 9.80 Å². The molecule has 1 aromatic heterocycles. The van der Waals surface area contributed by atoms with Gasteiger partial charge < -0.3 is 37.4 Å². The Labute approximate surface area is 187 Å². The monoisotopic (exact) mass is 441 g/mol. The minimum absolute atomic E-state index is 0.000484. The number of Topliss-reactive ketones (excluding diaryl/α,β-unsaturated/α-hetero) is 1. The molecule has 1 aromatic carbocycles. The third-order valence-electron chi connectivity index (χ3n) is 5.88. The maximum absolute atomic E-state index is 11.5. The zero-order valence-electron chi connectivity index (χ0n) is 18.2. The highest BCUT2D eigenvalue weighted by Crippen LogP contribution is 2.27. The fourth-order valence-electron chi connectivity index (χ4n) is 4.30. The Morgan fingerprint density at radius 3 is 2.34 bits per heavy atom. The van der Waals surface area contributed by atoms with Gasteiger partial charge in [-0.25, -0.2) is 0 Å². The van der Waals surface area contributed by atoms with Crippen LogP contribution < -0.4 is 32.3 Å². The minimum Gasteiger partial charge on any atom is -0.391 e. The predicted octanol–water partition coefficient (Wildman–Crippen LogP) is -0.419. The number of nitrogens with zero attached hydrogens (tertiary/aromatic N) is 5. The maximum Gasteiger partial charge on any atom is 0.233 e. The first-order chi connectivity index (χ1) is 15.3. The average molecular weight is 442 g/mol. The molecule has 0 bridgehead atoms. The van der Waals surface area contributed by atoms with Crippen molar-refractivity contribution in [2.24, 2.45) is 17.2 Å². The van der Waals surface area contributed by atoms with E-state index < -0.39 is 6.10 Å². The van der Waals surface area contributed by atoms with Crippen LogP contribution in [0.5, 0.6) is 0 Å². The van der Waals surface area contributed by atoms with E-state index in [0.29, 0.717) is 56.0 Å². The molecule has 2 aromatic rings. The molecule has 0 radical (unpaired) electrons. The van der Waals surface area contributed by atoms with E-state index in [2.05, 4.69) is 20.3 Å². The van der Waals surface area contributed by atoms with Gasteiger partial charge in [0.05, 0.1) is 6.10 Å². The van der Waals surface area contributed by atoms with E-state index in [1.165, 1.54) is 6.92 Å². The lowest BCUT2D eigenvalue weighted by Gasteiger charge is -2.35. The van der Waals surface area contributed by atoms with Crippen LogP contribution in [-0.4, -0.2) is 76.3 Å². The number of β-amino-alcohol motifs (C(OH)–C–C–N with tert-alkyl or cyclic N) is 1. The van der Waals surface area contributed by atoms with Crippen molar-refractivity contribution in [1.29, 1.82) is 0 Å². The van der Waals surface area contributed by atoms with Crippen molar-refractivity contribution in [3.8, 4) is 0 Å². The van der Waals surface area contributed by atoms with Crippen LogP contribution in [-0.2, 0) is 0 Å². The number of hydrogen-bond acceptors (Lipinski definition) is 11. The number of aromatic nitrogens is 3. The summed E-state index contributed by atoms with van der Waals surface area (Å²) in [7, 11) is 0. The normalized spacial score (nSPS) is 25.8. The number of aliphatic hydroxyl groups is 1. The van der Waals surface area contributed by atoms with E-state index in [0.717, 1.165) is 12.1 Å². The summed E-state index contributed by atoms with van der Waals surface area (Å²) >= 11 is 0. The molecule has 0 saturated carbocycles. The molecule has 32 heavy (non-hydrogen) atoms. The molecular formula is C21H31N9O2. The molecule has 0 amide bonds. The van der Waals surface area contributed by atoms with Crippen LogP contribution in [0.2, 0.25) is 0 Å². The first-order valence-corrected chi connectivity index (χ1v) is 10.9. The summed E-state index contributed by atoms with van der Waals surface area (Å²) < 4.78 is 0. The van der Waals surface area contributed by atoms with Crippen molar-refractivity contribution in [2.75, 3.05) is 41.3 Å². The van der Waals surface area contributed by atoms with Gasteiger partial charge in [0.25, 0.3) is 0 Å². The molecule has 4 rings (SSSR count). The molecule has 0 unspecified atom stereocenters. The van der Waals surface area contributed by atoms with Gasteiger partial charge in [-0.3, -0.25) is 4.79 Å². The second-order valence-corrected chi connectivity index (χ2v) is 8.61. The highest BCUT2D eigenvalue weighted by Gasteiger charge is 2.33. The van der Waals surface area contributed by atoms with Gasteiger partial charge in [0, 0.05) is 55.6 Å². The molecule has 172 valence electrons. The molecule has 2 saturated heterocycles. The predicted molar refractivity (Wildman–Crippen MR) is 123 cm³/mol. The molecule has 0 spiro atoms. The minimum atomic E-state index is -0.490. The Kier molecular flexibility index (Phi) is 6.51. The molecule has 0 aliphatic carbocycles. The summed E-state index contributed by atoms with van der Waals surface area (Å²) in [5.41, 5.74) is 19.7. The lowest BCUT2D eigenvalue weighted by Crippen LogP contribution is -2.53. The largest absolute Gasteiger partial charge is 0.391 e. The SMILES string of the molecule is CC(=O)c1ccc(Nc2nc(N3C[C@H](N)C[C@H](N)C3)nc(N3C[C@@H](O)C[C@H]3CN)n2)cc1. The summed E-state index contributed by atoms with van der Waals surface area (Å²) in [4.78, 5) is 29.3. The van der Waals surface area contributed by atoms with Crippen LogP contribution in [0.3, 0.4) is 0 Å². The van der Waals surface area contributed by atoms with E-state index in [1.54, 1.807) is 24.3 Å². The number of piperidine rings is 1. The Hall–Kier alpha value is -2.86. The standard InChI is InChI=1S/C21H31N9O2/c1-12(31)13-2-4-16(5-3-13)25-19-26-20(29-9-14(23)6-15(24)10-29)28-21(27-19)30-11-18(32)7-17(30)8-22/h2-5,14-15,17-18,32H,6-11,22-24H2,1H3,(H,25,26,27,28)/t14-,15+,17-,18-/m0/s1. The van der Waals surface area contributed by atoms with Gasteiger partial charge in [-0.15, -0.1) is 0 Å². The Morgan fingerprint density at radius 2 is 1.72 bits per heavy atom. The van der Waals surface area contributed by atoms with Crippen LogP contribution >= 0.6 is 0 Å². The molecule has 4 atom stereocenters. The van der Waals surface area contributed by atoms with Gasteiger partial charge in [-0.2, -0.15) is 15.0 Å². The Bertz CT molecular complexity index is 945. The average Bonchev–Trinajstić information content (AvgIpc) is 3.14. The second kappa shape index (κ2) is 9.33. The Balaban J connectivity index is 1.67. The van der Waals surface area contributed by atoms with Crippen molar-refractivity contribution < 1.29 is 9.90 Å². The summed E-state index contributed by atoms with van der Waals surface area (Å²) in [6.45, 7) is 3.49. The third-order valence-corrected chi connectivity index (χ3v) is 5.88. The number of rotatable bonds is 6. The lowest BCUT2D eigenvalue weighted by atomic mass is 10.0. The third kappa shape index (κ3) is 4.96. The van der Waals surface area contributed by atoms with Crippen molar-refractivity contribution in [3.63, 3.8) is 0 Å². The van der Waals surface area contributed by atoms with Crippen molar-refractivity contribution in [1.82, 2.24) is 15.0 Å². The number of aliphatic hydroxyl groups excluding tert-OH is 1. The highest BCUT2D eigenvalue weighted by molar-refractivity contribution is 5.94. The van der Waals surface area contributed by atoms with E-state index in [9.17, 15) is 9.90 Å². The number of carbonyl (C=O) groups is 1. The van der Waals surface area contributed by atoms with Crippen LogP contribution in [0.4, 0.5) is 23.5 Å². The van der Waals surface area contributed by atoms with Crippen LogP contribution in [0.25, 0.3) is 0 Å². The summed E-state index contributed by atoms with van der Waals surface area (Å²) in [5.74, 6) is 1.27. The number of hydrogen-bond donors (Lipinski definition) is 5. The smallest absolute Gasteiger partial charge is 0.233 e. The fourth-order valence-corrected chi connectivity index (χ4v) is 4.30. The quantitative estimate of drug-likeness (QED) is 0.368. The molecule has 11 nitrogen and oxygen atoms in total. The van der Waals surface area contributed by atoms with Crippen molar-refractivity contribution >= 4 is 29.3 Å². The molecular weight excluding hydrogens is 410 g/mol. The summed E-state index contributed by atoms with van der Waals surface area (Å²) in [5, 5.41) is 13.4. The number of carbonyl (C=O) groups excluding carboxylic acids is 1. The first kappa shape index (κ1) is 22.3. The molecule has 2 fully saturated rings. The van der Waals surface area contributed by atoms with Gasteiger partial charge in [0.15, 0.2) is 5.78 Å². The lowest BCUT2D eigenvalue weighted by molar-refractivity contribution is 0.101. The Morgan fingerprint density at radius 1 is 1.06 bits per heavy atom. The van der Waals surface area contributed by atoms with Gasteiger partial charge in [0.2, 0.25) is 17.8 Å². The summed E-state index contributed by atoms with van der Waals surface area (Å²) in [6.07, 6.45) is 0.818. The van der Waals surface area contributed by atoms with Gasteiger partial charge in [-0.1, -0.05) is 0 Å².